The largest absolute Gasteiger partial charge is 0.477 e. The maximum Gasteiger partial charge on any atom is 0.354 e. The zero-order valence-electron chi connectivity index (χ0n) is 18.2. The van der Waals surface area contributed by atoms with Crippen molar-refractivity contribution in [3.63, 3.8) is 0 Å². The van der Waals surface area contributed by atoms with Gasteiger partial charge in [-0.1, -0.05) is 36.4 Å². The summed E-state index contributed by atoms with van der Waals surface area (Å²) in [5, 5.41) is 11.2. The number of hydrogen-bond donors (Lipinski definition) is 3. The summed E-state index contributed by atoms with van der Waals surface area (Å²) in [4.78, 5) is 33.3. The highest BCUT2D eigenvalue weighted by Gasteiger charge is 2.18. The lowest BCUT2D eigenvalue weighted by Gasteiger charge is -2.14. The van der Waals surface area contributed by atoms with Crippen LogP contribution in [0.4, 0.5) is 11.4 Å². The molecule has 166 valence electrons. The molecule has 0 aliphatic carbocycles. The number of anilines is 2. The van der Waals surface area contributed by atoms with Gasteiger partial charge in [-0.15, -0.1) is 0 Å². The van der Waals surface area contributed by atoms with Crippen LogP contribution in [0.25, 0.3) is 44.1 Å². The van der Waals surface area contributed by atoms with Crippen LogP contribution in [0.1, 0.15) is 27.9 Å². The Morgan fingerprint density at radius 3 is 1.50 bits per heavy atom. The van der Waals surface area contributed by atoms with Gasteiger partial charge in [0.15, 0.2) is 5.78 Å². The number of carbonyl (C=O) groups excluding carboxylic acids is 1. The standard InChI is InChI=1S/C27H20N4O3/c1-14(32)23-12-21(15-2-6-17(28)7-3-15)19-10-11-20-22(16-4-8-18(29)9-5-16)13-24(27(33)34)31-26(20)25(19)30-23/h2-13H,28-29H2,1H3,(H,33,34). The Morgan fingerprint density at radius 1 is 0.676 bits per heavy atom. The monoisotopic (exact) mass is 448 g/mol. The summed E-state index contributed by atoms with van der Waals surface area (Å²) in [6.07, 6.45) is 0. The topological polar surface area (TPSA) is 132 Å². The van der Waals surface area contributed by atoms with E-state index in [9.17, 15) is 14.7 Å². The maximum absolute atomic E-state index is 12.3. The van der Waals surface area contributed by atoms with Gasteiger partial charge in [-0.3, -0.25) is 4.79 Å². The Balaban J connectivity index is 1.91. The Bertz CT molecular complexity index is 1490. The number of Topliss-reactive ketones (excluding diaryl/α,β-unsaturated/α-hetero) is 1. The third-order valence-corrected chi connectivity index (χ3v) is 5.78. The Labute approximate surface area is 194 Å². The molecule has 0 radical (unpaired) electrons. The number of carboxylic acid groups (broad SMARTS) is 1. The summed E-state index contributed by atoms with van der Waals surface area (Å²) in [6, 6.07) is 21.6. The van der Waals surface area contributed by atoms with E-state index in [1.54, 1.807) is 30.3 Å². The molecule has 0 amide bonds. The molecule has 0 saturated heterocycles. The molecule has 2 heterocycles. The molecule has 34 heavy (non-hydrogen) atoms. The number of benzene rings is 3. The van der Waals surface area contributed by atoms with Crippen LogP contribution >= 0.6 is 0 Å². The van der Waals surface area contributed by atoms with Crippen molar-refractivity contribution >= 4 is 44.9 Å². The molecule has 5 N–H and O–H groups in total. The van der Waals surface area contributed by atoms with E-state index in [4.69, 9.17) is 11.5 Å². The summed E-state index contributed by atoms with van der Waals surface area (Å²) in [6.45, 7) is 1.45. The van der Waals surface area contributed by atoms with Gasteiger partial charge in [0, 0.05) is 29.1 Å². The molecule has 0 saturated carbocycles. The van der Waals surface area contributed by atoms with Gasteiger partial charge in [0.25, 0.3) is 0 Å². The molecule has 3 aromatic carbocycles. The number of nitrogens with two attached hydrogens (primary N) is 2. The van der Waals surface area contributed by atoms with Crippen molar-refractivity contribution in [2.75, 3.05) is 11.5 Å². The first-order valence-electron chi connectivity index (χ1n) is 10.6. The first kappa shape index (κ1) is 21.1. The summed E-state index contributed by atoms with van der Waals surface area (Å²) in [5.41, 5.74) is 17.1. The van der Waals surface area contributed by atoms with Crippen molar-refractivity contribution in [2.24, 2.45) is 0 Å². The van der Waals surface area contributed by atoms with E-state index >= 15 is 0 Å². The summed E-state index contributed by atoms with van der Waals surface area (Å²) in [5.74, 6) is -1.36. The fourth-order valence-corrected chi connectivity index (χ4v) is 4.07. The molecule has 7 nitrogen and oxygen atoms in total. The number of aromatic nitrogens is 2. The van der Waals surface area contributed by atoms with Gasteiger partial charge in [-0.25, -0.2) is 14.8 Å². The highest BCUT2D eigenvalue weighted by molar-refractivity contribution is 6.14. The highest BCUT2D eigenvalue weighted by atomic mass is 16.4. The van der Waals surface area contributed by atoms with Crippen molar-refractivity contribution in [3.05, 3.63) is 84.2 Å². The quantitative estimate of drug-likeness (QED) is 0.196. The van der Waals surface area contributed by atoms with Gasteiger partial charge in [-0.2, -0.15) is 0 Å². The number of nitrogens with zero attached hydrogens (tertiary/aromatic N) is 2. The molecule has 0 atom stereocenters. The molecule has 0 bridgehead atoms. The van der Waals surface area contributed by atoms with Gasteiger partial charge < -0.3 is 16.6 Å². The molecule has 2 aromatic heterocycles. The van der Waals surface area contributed by atoms with Gasteiger partial charge in [-0.05, 0) is 58.7 Å². The highest BCUT2D eigenvalue weighted by Crippen LogP contribution is 2.36. The molecular weight excluding hydrogens is 428 g/mol. The Hall–Kier alpha value is -4.78. The predicted octanol–water partition coefficient (Wildman–Crippen LogP) is 5.18. The number of ketones is 1. The van der Waals surface area contributed by atoms with E-state index in [-0.39, 0.29) is 17.2 Å². The first-order valence-corrected chi connectivity index (χ1v) is 10.6. The summed E-state index contributed by atoms with van der Waals surface area (Å²) in [7, 11) is 0. The molecule has 7 heteroatoms. The third kappa shape index (κ3) is 3.59. The average Bonchev–Trinajstić information content (AvgIpc) is 2.83. The number of pyridine rings is 2. The molecule has 5 aromatic rings. The molecule has 0 unspecified atom stereocenters. The number of hydrogen-bond acceptors (Lipinski definition) is 6. The second-order valence-electron chi connectivity index (χ2n) is 8.07. The van der Waals surface area contributed by atoms with E-state index in [1.165, 1.54) is 13.0 Å². The molecule has 5 rings (SSSR count). The van der Waals surface area contributed by atoms with Crippen molar-refractivity contribution in [2.45, 2.75) is 6.92 Å². The minimum Gasteiger partial charge on any atom is -0.477 e. The number of nitrogen functional groups attached to an aromatic ring is 2. The second-order valence-corrected chi connectivity index (χ2v) is 8.07. The summed E-state index contributed by atoms with van der Waals surface area (Å²) >= 11 is 0. The lowest BCUT2D eigenvalue weighted by molar-refractivity contribution is 0.0690. The van der Waals surface area contributed by atoms with Gasteiger partial charge in [0.1, 0.15) is 11.4 Å². The van der Waals surface area contributed by atoms with Crippen LogP contribution in [0.5, 0.6) is 0 Å². The SMILES string of the molecule is CC(=O)c1cc(-c2ccc(N)cc2)c2ccc3c(-c4ccc(N)cc4)cc(C(=O)O)nc3c2n1. The van der Waals surface area contributed by atoms with E-state index in [2.05, 4.69) is 9.97 Å². The molecule has 0 aliphatic rings. The second kappa shape index (κ2) is 7.97. The van der Waals surface area contributed by atoms with Gasteiger partial charge in [0.2, 0.25) is 0 Å². The Morgan fingerprint density at radius 2 is 1.09 bits per heavy atom. The van der Waals surface area contributed by atoms with Crippen molar-refractivity contribution in [1.82, 2.24) is 9.97 Å². The first-order chi connectivity index (χ1) is 16.3. The van der Waals surface area contributed by atoms with E-state index < -0.39 is 5.97 Å². The minimum absolute atomic E-state index is 0.115. The normalized spacial score (nSPS) is 11.1. The van der Waals surface area contributed by atoms with Crippen molar-refractivity contribution in [1.29, 1.82) is 0 Å². The summed E-state index contributed by atoms with van der Waals surface area (Å²) < 4.78 is 0. The maximum atomic E-state index is 12.3. The van der Waals surface area contributed by atoms with E-state index in [1.807, 2.05) is 36.4 Å². The minimum atomic E-state index is -1.16. The van der Waals surface area contributed by atoms with Crippen LogP contribution in [-0.4, -0.2) is 26.8 Å². The van der Waals surface area contributed by atoms with Crippen LogP contribution in [-0.2, 0) is 0 Å². The number of fused-ring (bicyclic) bond motifs is 3. The van der Waals surface area contributed by atoms with Gasteiger partial charge in [0.05, 0.1) is 11.0 Å². The van der Waals surface area contributed by atoms with Crippen LogP contribution in [0, 0.1) is 0 Å². The smallest absolute Gasteiger partial charge is 0.354 e. The lowest BCUT2D eigenvalue weighted by Crippen LogP contribution is -2.04. The van der Waals surface area contributed by atoms with E-state index in [0.717, 1.165) is 27.5 Å². The fraction of sp³-hybridized carbons (Fsp3) is 0.0370. The zero-order chi connectivity index (χ0) is 24.0. The number of aromatic carboxylic acids is 1. The number of carbonyl (C=O) groups is 2. The van der Waals surface area contributed by atoms with Crippen molar-refractivity contribution < 1.29 is 14.7 Å². The molecule has 0 fully saturated rings. The third-order valence-electron chi connectivity index (χ3n) is 5.78. The van der Waals surface area contributed by atoms with Crippen LogP contribution in [0.3, 0.4) is 0 Å². The van der Waals surface area contributed by atoms with Crippen molar-refractivity contribution in [3.8, 4) is 22.3 Å². The Kier molecular flexibility index (Phi) is 4.94. The van der Waals surface area contributed by atoms with Crippen LogP contribution in [0.15, 0.2) is 72.8 Å². The van der Waals surface area contributed by atoms with E-state index in [0.29, 0.717) is 28.0 Å². The molecule has 0 spiro atoms. The average molecular weight is 448 g/mol. The van der Waals surface area contributed by atoms with Gasteiger partial charge >= 0.3 is 5.97 Å². The molecule has 0 aliphatic heterocycles. The lowest BCUT2D eigenvalue weighted by atomic mass is 9.94. The predicted molar refractivity (Wildman–Crippen MR) is 134 cm³/mol. The number of carboxylic acids is 1. The molecular formula is C27H20N4O3. The van der Waals surface area contributed by atoms with Crippen LogP contribution in [0.2, 0.25) is 0 Å². The zero-order valence-corrected chi connectivity index (χ0v) is 18.2. The van der Waals surface area contributed by atoms with Crippen LogP contribution < -0.4 is 11.5 Å². The number of rotatable bonds is 4. The fourth-order valence-electron chi connectivity index (χ4n) is 4.07.